The van der Waals surface area contributed by atoms with Crippen molar-refractivity contribution < 1.29 is 4.42 Å². The van der Waals surface area contributed by atoms with E-state index >= 15 is 0 Å². The van der Waals surface area contributed by atoms with Crippen LogP contribution in [0.2, 0.25) is 0 Å². The highest BCUT2D eigenvalue weighted by Gasteiger charge is 2.30. The molecule has 0 radical (unpaired) electrons. The van der Waals surface area contributed by atoms with Crippen LogP contribution in [0, 0.1) is 6.92 Å². The lowest BCUT2D eigenvalue weighted by Gasteiger charge is -2.22. The lowest BCUT2D eigenvalue weighted by atomic mass is 9.86. The van der Waals surface area contributed by atoms with Gasteiger partial charge in [-0.2, -0.15) is 9.97 Å². The normalized spacial score (nSPS) is 16.4. The molecule has 9 nitrogen and oxygen atoms in total. The van der Waals surface area contributed by atoms with Crippen LogP contribution >= 0.6 is 0 Å². The third-order valence-electron chi connectivity index (χ3n) is 6.68. The summed E-state index contributed by atoms with van der Waals surface area (Å²) in [4.78, 5) is 16.5. The number of hydrogen-bond acceptors (Lipinski definition) is 8. The van der Waals surface area contributed by atoms with Crippen molar-refractivity contribution in [3.63, 3.8) is 0 Å². The lowest BCUT2D eigenvalue weighted by molar-refractivity contribution is 0.422. The van der Waals surface area contributed by atoms with Crippen LogP contribution in [0.25, 0.3) is 11.2 Å². The summed E-state index contributed by atoms with van der Waals surface area (Å²) in [6.45, 7) is 12.5. The Hall–Kier alpha value is -3.49. The van der Waals surface area contributed by atoms with Gasteiger partial charge in [0.1, 0.15) is 5.52 Å². The SMILES string of the molecule is CCCc1nnc(C2CCN(c3nc(Nc4cc(C(C)(C)C)ccc4C)c4c(ncn4C)n3)C2)o1. The van der Waals surface area contributed by atoms with Crippen LogP contribution in [-0.4, -0.2) is 42.8 Å². The third kappa shape index (κ3) is 4.59. The molecular weight excluding hydrogens is 440 g/mol. The molecule has 184 valence electrons. The third-order valence-corrected chi connectivity index (χ3v) is 6.68. The second-order valence-corrected chi connectivity index (χ2v) is 10.5. The standard InChI is InChI=1S/C26H34N8O/c1-7-8-20-31-32-24(35-20)17-11-12-34(14-17)25-29-22-21(33(6)15-27-22)23(30-25)28-19-13-18(26(3,4)5)10-9-16(19)2/h9-10,13,15,17H,7-8,11-12,14H2,1-6H3,(H,28,29,30). The molecule has 1 saturated heterocycles. The van der Waals surface area contributed by atoms with Gasteiger partial charge in [0.15, 0.2) is 11.5 Å². The predicted octanol–water partition coefficient (Wildman–Crippen LogP) is 5.04. The number of imidazole rings is 1. The Morgan fingerprint density at radius 3 is 2.77 bits per heavy atom. The van der Waals surface area contributed by atoms with E-state index in [1.54, 1.807) is 6.33 Å². The quantitative estimate of drug-likeness (QED) is 0.415. The minimum atomic E-state index is 0.0547. The largest absolute Gasteiger partial charge is 0.425 e. The number of nitrogens with zero attached hydrogens (tertiary/aromatic N) is 7. The Morgan fingerprint density at radius 1 is 1.17 bits per heavy atom. The van der Waals surface area contributed by atoms with Crippen molar-refractivity contribution in [3.05, 3.63) is 47.4 Å². The van der Waals surface area contributed by atoms with E-state index < -0.39 is 0 Å². The number of aromatic nitrogens is 6. The Kier molecular flexibility index (Phi) is 5.94. The van der Waals surface area contributed by atoms with Crippen molar-refractivity contribution >= 4 is 28.6 Å². The molecule has 5 rings (SSSR count). The number of nitrogens with one attached hydrogen (secondary N) is 1. The topological polar surface area (TPSA) is 97.8 Å². The molecule has 35 heavy (non-hydrogen) atoms. The summed E-state index contributed by atoms with van der Waals surface area (Å²) in [5.74, 6) is 3.03. The monoisotopic (exact) mass is 474 g/mol. The smallest absolute Gasteiger partial charge is 0.229 e. The van der Waals surface area contributed by atoms with E-state index in [4.69, 9.17) is 14.4 Å². The van der Waals surface area contributed by atoms with Crippen LogP contribution in [0.4, 0.5) is 17.5 Å². The minimum Gasteiger partial charge on any atom is -0.425 e. The lowest BCUT2D eigenvalue weighted by Crippen LogP contribution is -2.22. The second kappa shape index (κ2) is 8.94. The Bertz CT molecular complexity index is 1350. The Balaban J connectivity index is 1.46. The Labute approximate surface area is 206 Å². The number of rotatable bonds is 6. The van der Waals surface area contributed by atoms with Gasteiger partial charge in [0, 0.05) is 32.2 Å². The predicted molar refractivity (Wildman–Crippen MR) is 137 cm³/mol. The second-order valence-electron chi connectivity index (χ2n) is 10.5. The van der Waals surface area contributed by atoms with Crippen LogP contribution < -0.4 is 10.2 Å². The molecule has 1 aliphatic rings. The number of hydrogen-bond donors (Lipinski definition) is 1. The molecule has 4 heterocycles. The van der Waals surface area contributed by atoms with Gasteiger partial charge in [0.2, 0.25) is 17.7 Å². The van der Waals surface area contributed by atoms with Gasteiger partial charge < -0.3 is 19.2 Å². The summed E-state index contributed by atoms with van der Waals surface area (Å²) in [6.07, 6.45) is 4.51. The first-order valence-corrected chi connectivity index (χ1v) is 12.4. The molecule has 1 aromatic carbocycles. The van der Waals surface area contributed by atoms with Crippen molar-refractivity contribution in [2.24, 2.45) is 7.05 Å². The van der Waals surface area contributed by atoms with Gasteiger partial charge in [-0.15, -0.1) is 10.2 Å². The van der Waals surface area contributed by atoms with E-state index in [1.165, 1.54) is 5.56 Å². The molecule has 1 atom stereocenters. The average Bonchev–Trinajstić information content (AvgIpc) is 3.55. The van der Waals surface area contributed by atoms with E-state index in [2.05, 4.69) is 78.2 Å². The van der Waals surface area contributed by atoms with Crippen LogP contribution in [0.3, 0.4) is 0 Å². The molecule has 1 N–H and O–H groups in total. The zero-order valence-electron chi connectivity index (χ0n) is 21.5. The van der Waals surface area contributed by atoms with Gasteiger partial charge in [-0.3, -0.25) is 0 Å². The summed E-state index contributed by atoms with van der Waals surface area (Å²) in [5, 5.41) is 12.1. The van der Waals surface area contributed by atoms with E-state index in [1.807, 2.05) is 11.6 Å². The van der Waals surface area contributed by atoms with Gasteiger partial charge >= 0.3 is 0 Å². The maximum Gasteiger partial charge on any atom is 0.229 e. The fourth-order valence-corrected chi connectivity index (χ4v) is 4.51. The van der Waals surface area contributed by atoms with Crippen LogP contribution in [0.15, 0.2) is 28.9 Å². The van der Waals surface area contributed by atoms with Crippen LogP contribution in [0.5, 0.6) is 0 Å². The molecule has 1 aliphatic heterocycles. The molecule has 9 heteroatoms. The summed E-state index contributed by atoms with van der Waals surface area (Å²) >= 11 is 0. The van der Waals surface area contributed by atoms with Crippen LogP contribution in [0.1, 0.15) is 69.4 Å². The molecule has 0 saturated carbocycles. The van der Waals surface area contributed by atoms with Crippen molar-refractivity contribution in [1.82, 2.24) is 29.7 Å². The first kappa shape index (κ1) is 23.3. The Morgan fingerprint density at radius 2 is 2.00 bits per heavy atom. The number of anilines is 3. The van der Waals surface area contributed by atoms with Gasteiger partial charge in [-0.05, 0) is 42.4 Å². The number of benzene rings is 1. The van der Waals surface area contributed by atoms with Gasteiger partial charge in [-0.1, -0.05) is 39.8 Å². The summed E-state index contributed by atoms with van der Waals surface area (Å²) < 4.78 is 7.87. The minimum absolute atomic E-state index is 0.0547. The summed E-state index contributed by atoms with van der Waals surface area (Å²) in [5.41, 5.74) is 5.08. The maximum atomic E-state index is 5.90. The van der Waals surface area contributed by atoms with E-state index in [0.29, 0.717) is 23.4 Å². The van der Waals surface area contributed by atoms with Crippen molar-refractivity contribution in [3.8, 4) is 0 Å². The molecule has 0 spiro atoms. The molecule has 0 amide bonds. The fraction of sp³-hybridized carbons (Fsp3) is 0.500. The van der Waals surface area contributed by atoms with Crippen molar-refractivity contribution in [2.75, 3.05) is 23.3 Å². The van der Waals surface area contributed by atoms with Crippen LogP contribution in [-0.2, 0) is 18.9 Å². The number of aryl methyl sites for hydroxylation is 3. The molecule has 4 aromatic rings. The number of fused-ring (bicyclic) bond motifs is 1. The zero-order chi connectivity index (χ0) is 24.7. The van der Waals surface area contributed by atoms with Gasteiger partial charge in [0.05, 0.1) is 12.2 Å². The van der Waals surface area contributed by atoms with E-state index in [9.17, 15) is 0 Å². The highest BCUT2D eigenvalue weighted by Crippen LogP contribution is 2.33. The van der Waals surface area contributed by atoms with Crippen molar-refractivity contribution in [2.45, 2.75) is 65.2 Å². The summed E-state index contributed by atoms with van der Waals surface area (Å²) in [7, 11) is 1.97. The molecule has 3 aromatic heterocycles. The fourth-order valence-electron chi connectivity index (χ4n) is 4.51. The molecule has 0 aliphatic carbocycles. The van der Waals surface area contributed by atoms with E-state index in [-0.39, 0.29) is 11.3 Å². The average molecular weight is 475 g/mol. The highest BCUT2D eigenvalue weighted by molar-refractivity contribution is 5.87. The first-order chi connectivity index (χ1) is 16.7. The zero-order valence-corrected chi connectivity index (χ0v) is 21.5. The van der Waals surface area contributed by atoms with E-state index in [0.717, 1.165) is 54.9 Å². The molecule has 1 unspecified atom stereocenters. The first-order valence-electron chi connectivity index (χ1n) is 12.4. The van der Waals surface area contributed by atoms with Crippen molar-refractivity contribution in [1.29, 1.82) is 0 Å². The summed E-state index contributed by atoms with van der Waals surface area (Å²) in [6, 6.07) is 6.57. The molecule has 0 bridgehead atoms. The molecular formula is C26H34N8O. The van der Waals surface area contributed by atoms with Gasteiger partial charge in [0.25, 0.3) is 0 Å². The highest BCUT2D eigenvalue weighted by atomic mass is 16.4. The maximum absolute atomic E-state index is 5.90. The van der Waals surface area contributed by atoms with Gasteiger partial charge in [-0.25, -0.2) is 4.98 Å². The molecule has 1 fully saturated rings.